The van der Waals surface area contributed by atoms with Crippen LogP contribution in [0.1, 0.15) is 16.7 Å². The van der Waals surface area contributed by atoms with Crippen molar-refractivity contribution in [1.29, 1.82) is 0 Å². The first-order valence-corrected chi connectivity index (χ1v) is 8.28. The lowest BCUT2D eigenvalue weighted by molar-refractivity contribution is -0.113. The first kappa shape index (κ1) is 15.9. The van der Waals surface area contributed by atoms with Crippen LogP contribution >= 0.6 is 23.4 Å². The Hall–Kier alpha value is -1.45. The highest BCUT2D eigenvalue weighted by atomic mass is 35.5. The number of benzene rings is 2. The highest BCUT2D eigenvalue weighted by Crippen LogP contribution is 2.23. The number of carbonyl (C=O) groups is 1. The summed E-state index contributed by atoms with van der Waals surface area (Å²) in [6.07, 6.45) is 0. The molecule has 2 aromatic carbocycles. The second kappa shape index (κ2) is 7.53. The Morgan fingerprint density at radius 1 is 1.14 bits per heavy atom. The molecule has 1 N–H and O–H groups in total. The van der Waals surface area contributed by atoms with Crippen molar-refractivity contribution in [2.24, 2.45) is 0 Å². The lowest BCUT2D eigenvalue weighted by Gasteiger charge is -2.09. The van der Waals surface area contributed by atoms with Crippen LogP contribution in [-0.2, 0) is 10.5 Å². The molecule has 0 unspecified atom stereocenters. The van der Waals surface area contributed by atoms with E-state index in [0.29, 0.717) is 10.8 Å². The Bertz CT molecular complexity index is 625. The summed E-state index contributed by atoms with van der Waals surface area (Å²) in [4.78, 5) is 11.9. The summed E-state index contributed by atoms with van der Waals surface area (Å²) in [5.41, 5.74) is 4.16. The minimum atomic E-state index is -0.00233. The van der Waals surface area contributed by atoms with Crippen molar-refractivity contribution in [2.75, 3.05) is 11.1 Å². The van der Waals surface area contributed by atoms with Crippen LogP contribution in [0.3, 0.4) is 0 Å². The standard InChI is InChI=1S/C17H18ClNOS/c1-12-6-8-14(9-7-12)10-21-11-17(20)19-16-5-3-4-15(18)13(16)2/h3-9H,10-11H2,1-2H3,(H,19,20). The van der Waals surface area contributed by atoms with Gasteiger partial charge in [0.1, 0.15) is 0 Å². The lowest BCUT2D eigenvalue weighted by atomic mass is 10.2. The molecule has 2 rings (SSSR count). The molecule has 4 heteroatoms. The predicted molar refractivity (Wildman–Crippen MR) is 92.2 cm³/mol. The molecule has 0 aliphatic carbocycles. The van der Waals surface area contributed by atoms with Crippen molar-refractivity contribution in [3.05, 3.63) is 64.2 Å². The van der Waals surface area contributed by atoms with Crippen molar-refractivity contribution in [3.63, 3.8) is 0 Å². The van der Waals surface area contributed by atoms with Crippen LogP contribution in [0.4, 0.5) is 5.69 Å². The van der Waals surface area contributed by atoms with Gasteiger partial charge in [-0.2, -0.15) is 0 Å². The number of hydrogen-bond donors (Lipinski definition) is 1. The van der Waals surface area contributed by atoms with Gasteiger partial charge in [-0.25, -0.2) is 0 Å². The number of hydrogen-bond acceptors (Lipinski definition) is 2. The molecular formula is C17H18ClNOS. The molecule has 21 heavy (non-hydrogen) atoms. The molecule has 110 valence electrons. The van der Waals surface area contributed by atoms with E-state index >= 15 is 0 Å². The first-order chi connectivity index (χ1) is 10.1. The number of amides is 1. The summed E-state index contributed by atoms with van der Waals surface area (Å²) < 4.78 is 0. The molecule has 0 atom stereocenters. The van der Waals surface area contributed by atoms with Crippen LogP contribution in [0.5, 0.6) is 0 Å². The number of anilines is 1. The molecule has 1 amide bonds. The van der Waals surface area contributed by atoms with Gasteiger partial charge < -0.3 is 5.32 Å². The van der Waals surface area contributed by atoms with E-state index in [1.165, 1.54) is 11.1 Å². The van der Waals surface area contributed by atoms with E-state index in [9.17, 15) is 4.79 Å². The molecule has 0 saturated carbocycles. The van der Waals surface area contributed by atoms with Gasteiger partial charge in [0.25, 0.3) is 0 Å². The van der Waals surface area contributed by atoms with Gasteiger partial charge >= 0.3 is 0 Å². The molecule has 0 aliphatic heterocycles. The maximum absolute atomic E-state index is 11.9. The second-order valence-corrected chi connectivity index (χ2v) is 6.33. The van der Waals surface area contributed by atoms with Gasteiger partial charge in [-0.15, -0.1) is 11.8 Å². The molecule has 0 radical (unpaired) electrons. The highest BCUT2D eigenvalue weighted by molar-refractivity contribution is 7.99. The van der Waals surface area contributed by atoms with Gasteiger partial charge in [-0.05, 0) is 37.1 Å². The van der Waals surface area contributed by atoms with Crippen LogP contribution < -0.4 is 5.32 Å². The maximum Gasteiger partial charge on any atom is 0.234 e. The molecule has 0 spiro atoms. The number of halogens is 1. The Balaban J connectivity index is 1.82. The summed E-state index contributed by atoms with van der Waals surface area (Å²) in [5.74, 6) is 1.26. The van der Waals surface area contributed by atoms with Crippen LogP contribution in [-0.4, -0.2) is 11.7 Å². The third-order valence-electron chi connectivity index (χ3n) is 3.16. The van der Waals surface area contributed by atoms with Gasteiger partial charge in [0, 0.05) is 16.5 Å². The average molecular weight is 320 g/mol. The number of carbonyl (C=O) groups excluding carboxylic acids is 1. The maximum atomic E-state index is 11.9. The zero-order chi connectivity index (χ0) is 15.2. The lowest BCUT2D eigenvalue weighted by Crippen LogP contribution is -2.15. The molecule has 0 aliphatic rings. The van der Waals surface area contributed by atoms with E-state index in [1.807, 2.05) is 25.1 Å². The molecule has 0 saturated heterocycles. The van der Waals surface area contributed by atoms with E-state index in [-0.39, 0.29) is 5.91 Å². The fourth-order valence-corrected chi connectivity index (χ4v) is 2.84. The van der Waals surface area contributed by atoms with E-state index in [0.717, 1.165) is 17.0 Å². The monoisotopic (exact) mass is 319 g/mol. The average Bonchev–Trinajstić information content (AvgIpc) is 2.46. The van der Waals surface area contributed by atoms with Crippen molar-refractivity contribution < 1.29 is 4.79 Å². The predicted octanol–water partition coefficient (Wildman–Crippen LogP) is 4.83. The largest absolute Gasteiger partial charge is 0.325 e. The van der Waals surface area contributed by atoms with Crippen molar-refractivity contribution in [2.45, 2.75) is 19.6 Å². The Labute approximate surface area is 134 Å². The molecular weight excluding hydrogens is 302 g/mol. The number of rotatable bonds is 5. The van der Waals surface area contributed by atoms with Crippen LogP contribution in [0.2, 0.25) is 5.02 Å². The number of aryl methyl sites for hydroxylation is 1. The first-order valence-electron chi connectivity index (χ1n) is 6.74. The fraction of sp³-hybridized carbons (Fsp3) is 0.235. The minimum Gasteiger partial charge on any atom is -0.325 e. The highest BCUT2D eigenvalue weighted by Gasteiger charge is 2.07. The normalized spacial score (nSPS) is 10.4. The minimum absolute atomic E-state index is 0.00233. The van der Waals surface area contributed by atoms with E-state index in [2.05, 4.69) is 36.5 Å². The van der Waals surface area contributed by atoms with Crippen molar-refractivity contribution in [3.8, 4) is 0 Å². The summed E-state index contributed by atoms with van der Waals surface area (Å²) in [5, 5.41) is 3.57. The molecule has 0 fully saturated rings. The van der Waals surface area contributed by atoms with E-state index in [1.54, 1.807) is 11.8 Å². The van der Waals surface area contributed by atoms with Gasteiger partial charge in [-0.3, -0.25) is 4.79 Å². The summed E-state index contributed by atoms with van der Waals surface area (Å²) in [6.45, 7) is 3.97. The summed E-state index contributed by atoms with van der Waals surface area (Å²) >= 11 is 7.64. The van der Waals surface area contributed by atoms with Gasteiger partial charge in [-0.1, -0.05) is 47.5 Å². The van der Waals surface area contributed by atoms with Crippen molar-refractivity contribution >= 4 is 35.0 Å². The molecule has 2 aromatic rings. The number of nitrogens with one attached hydrogen (secondary N) is 1. The topological polar surface area (TPSA) is 29.1 Å². The van der Waals surface area contributed by atoms with E-state index in [4.69, 9.17) is 11.6 Å². The molecule has 0 bridgehead atoms. The van der Waals surface area contributed by atoms with E-state index < -0.39 is 0 Å². The van der Waals surface area contributed by atoms with Gasteiger partial charge in [0.2, 0.25) is 5.91 Å². The Kier molecular flexibility index (Phi) is 5.71. The quantitative estimate of drug-likeness (QED) is 0.855. The van der Waals surface area contributed by atoms with Crippen LogP contribution in [0.15, 0.2) is 42.5 Å². The zero-order valence-corrected chi connectivity index (χ0v) is 13.7. The molecule has 2 nitrogen and oxygen atoms in total. The number of thioether (sulfide) groups is 1. The zero-order valence-electron chi connectivity index (χ0n) is 12.2. The Morgan fingerprint density at radius 3 is 2.57 bits per heavy atom. The van der Waals surface area contributed by atoms with Crippen molar-refractivity contribution in [1.82, 2.24) is 0 Å². The van der Waals surface area contributed by atoms with Crippen LogP contribution in [0, 0.1) is 13.8 Å². The van der Waals surface area contributed by atoms with Crippen LogP contribution in [0.25, 0.3) is 0 Å². The van der Waals surface area contributed by atoms with Gasteiger partial charge in [0.15, 0.2) is 0 Å². The SMILES string of the molecule is Cc1ccc(CSCC(=O)Nc2cccc(Cl)c2C)cc1. The Morgan fingerprint density at radius 2 is 1.86 bits per heavy atom. The smallest absolute Gasteiger partial charge is 0.234 e. The third-order valence-corrected chi connectivity index (χ3v) is 4.58. The van der Waals surface area contributed by atoms with Gasteiger partial charge in [0.05, 0.1) is 5.75 Å². The third kappa shape index (κ3) is 4.80. The second-order valence-electron chi connectivity index (χ2n) is 4.94. The summed E-state index contributed by atoms with van der Waals surface area (Å²) in [6, 6.07) is 13.9. The molecule has 0 heterocycles. The fourth-order valence-electron chi connectivity index (χ4n) is 1.88. The molecule has 0 aromatic heterocycles. The summed E-state index contributed by atoms with van der Waals surface area (Å²) in [7, 11) is 0.